The van der Waals surface area contributed by atoms with Gasteiger partial charge in [0.25, 0.3) is 0 Å². The van der Waals surface area contributed by atoms with Crippen molar-refractivity contribution in [3.8, 4) is 22.9 Å². The predicted octanol–water partition coefficient (Wildman–Crippen LogP) is 4.63. The second kappa shape index (κ2) is 8.62. The van der Waals surface area contributed by atoms with E-state index in [4.69, 9.17) is 4.74 Å². The molecular weight excluding hydrogens is 419 g/mol. The average Bonchev–Trinajstić information content (AvgIpc) is 3.45. The Morgan fingerprint density at radius 2 is 1.97 bits per heavy atom. The first-order valence-electron chi connectivity index (χ1n) is 9.46. The summed E-state index contributed by atoms with van der Waals surface area (Å²) in [5, 5.41) is 15.3. The van der Waals surface area contributed by atoms with E-state index >= 15 is 0 Å². The summed E-state index contributed by atoms with van der Waals surface area (Å²) in [5.74, 6) is 0.216. The van der Waals surface area contributed by atoms with Gasteiger partial charge < -0.3 is 10.1 Å². The van der Waals surface area contributed by atoms with E-state index in [0.717, 1.165) is 5.56 Å². The van der Waals surface area contributed by atoms with Crippen LogP contribution in [0.3, 0.4) is 0 Å². The fraction of sp³-hybridized carbons (Fsp3) is 0.174. The summed E-state index contributed by atoms with van der Waals surface area (Å²) < 4.78 is 20.3. The van der Waals surface area contributed by atoms with E-state index in [0.29, 0.717) is 40.4 Å². The Labute approximate surface area is 185 Å². The van der Waals surface area contributed by atoms with Gasteiger partial charge in [0.1, 0.15) is 22.8 Å². The van der Waals surface area contributed by atoms with Crippen LogP contribution in [0.5, 0.6) is 5.75 Å². The third-order valence-corrected chi connectivity index (χ3v) is 5.16. The standard InChI is InChI=1S/C23H19FN4O2.ClH/c1-3-26-22(29)28-18-10-9-15(12-27-18)23(13-25)20-16(24)11-17(30-2)19(21(20)23)14-7-5-4-6-8-14;/h4-12H,3H2,1-2H3,(H2,26,27,28,29);1H. The Kier molecular flexibility index (Phi) is 6.14. The Bertz CT molecular complexity index is 1160. The summed E-state index contributed by atoms with van der Waals surface area (Å²) in [5.41, 5.74) is 1.73. The molecule has 1 aliphatic carbocycles. The first-order chi connectivity index (χ1) is 14.6. The van der Waals surface area contributed by atoms with Crippen LogP contribution >= 0.6 is 12.4 Å². The summed E-state index contributed by atoms with van der Waals surface area (Å²) in [6.45, 7) is 2.30. The first kappa shape index (κ1) is 22.1. The Morgan fingerprint density at radius 1 is 1.23 bits per heavy atom. The van der Waals surface area contributed by atoms with Crippen LogP contribution in [0.15, 0.2) is 54.7 Å². The number of aromatic nitrogens is 1. The van der Waals surface area contributed by atoms with Crippen molar-refractivity contribution in [3.63, 3.8) is 0 Å². The topological polar surface area (TPSA) is 87.0 Å². The number of hydrogen-bond acceptors (Lipinski definition) is 4. The van der Waals surface area contributed by atoms with Gasteiger partial charge in [0, 0.05) is 35.5 Å². The molecule has 158 valence electrons. The van der Waals surface area contributed by atoms with Crippen molar-refractivity contribution in [2.45, 2.75) is 12.3 Å². The second-order valence-corrected chi connectivity index (χ2v) is 6.83. The van der Waals surface area contributed by atoms with Gasteiger partial charge in [-0.3, -0.25) is 5.32 Å². The number of ether oxygens (including phenoxy) is 1. The van der Waals surface area contributed by atoms with Crippen molar-refractivity contribution in [2.75, 3.05) is 19.0 Å². The number of nitrogens with one attached hydrogen (secondary N) is 2. The van der Waals surface area contributed by atoms with Gasteiger partial charge >= 0.3 is 6.03 Å². The molecule has 8 heteroatoms. The first-order valence-corrected chi connectivity index (χ1v) is 9.46. The number of pyridine rings is 1. The molecule has 0 bridgehead atoms. The molecule has 1 unspecified atom stereocenters. The lowest BCUT2D eigenvalue weighted by Gasteiger charge is -2.11. The smallest absolute Gasteiger partial charge is 0.320 e. The van der Waals surface area contributed by atoms with E-state index in [9.17, 15) is 14.4 Å². The van der Waals surface area contributed by atoms with Crippen molar-refractivity contribution in [1.82, 2.24) is 10.3 Å². The molecule has 2 aromatic carbocycles. The maximum atomic E-state index is 14.9. The Morgan fingerprint density at radius 3 is 2.55 bits per heavy atom. The summed E-state index contributed by atoms with van der Waals surface area (Å²) in [6, 6.07) is 15.9. The molecule has 0 radical (unpaired) electrons. The molecule has 1 aliphatic rings. The number of carbonyl (C=O) groups is 1. The molecule has 0 aliphatic heterocycles. The molecule has 4 rings (SSSR count). The summed E-state index contributed by atoms with van der Waals surface area (Å²) >= 11 is 0. The SMILES string of the molecule is CCNC(=O)Nc1ccc(C2(C#N)c3c(F)cc(OC)c(-c4ccccc4)c32)cn1.Cl. The number of hydrogen-bond donors (Lipinski definition) is 2. The normalized spacial score (nSPS) is 15.7. The fourth-order valence-electron chi connectivity index (χ4n) is 3.80. The van der Waals surface area contributed by atoms with Crippen molar-refractivity contribution in [3.05, 3.63) is 77.2 Å². The average molecular weight is 439 g/mol. The quantitative estimate of drug-likeness (QED) is 0.608. The summed E-state index contributed by atoms with van der Waals surface area (Å²) in [4.78, 5) is 15.9. The van der Waals surface area contributed by atoms with E-state index in [-0.39, 0.29) is 18.4 Å². The lowest BCUT2D eigenvalue weighted by Crippen LogP contribution is -2.28. The molecule has 0 saturated heterocycles. The monoisotopic (exact) mass is 438 g/mol. The Hall–Kier alpha value is -3.63. The molecule has 2 N–H and O–H groups in total. The third-order valence-electron chi connectivity index (χ3n) is 5.16. The van der Waals surface area contributed by atoms with Gasteiger partial charge in [-0.05, 0) is 24.1 Å². The molecule has 0 saturated carbocycles. The minimum Gasteiger partial charge on any atom is -0.496 e. The number of methoxy groups -OCH3 is 1. The van der Waals surface area contributed by atoms with Crippen LogP contribution in [0.25, 0.3) is 11.1 Å². The summed E-state index contributed by atoms with van der Waals surface area (Å²) in [7, 11) is 1.48. The Balaban J connectivity index is 0.00000272. The van der Waals surface area contributed by atoms with Gasteiger partial charge in [-0.15, -0.1) is 12.4 Å². The number of rotatable bonds is 5. The number of nitriles is 1. The van der Waals surface area contributed by atoms with Crippen LogP contribution in [0, 0.1) is 17.1 Å². The number of benzene rings is 2. The molecule has 0 spiro atoms. The van der Waals surface area contributed by atoms with E-state index in [1.54, 1.807) is 12.1 Å². The molecule has 1 aromatic heterocycles. The molecule has 1 heterocycles. The molecule has 2 amide bonds. The minimum absolute atomic E-state index is 0. The van der Waals surface area contributed by atoms with E-state index < -0.39 is 11.2 Å². The highest BCUT2D eigenvalue weighted by atomic mass is 35.5. The molecular formula is C23H20ClFN4O2. The van der Waals surface area contributed by atoms with Crippen LogP contribution < -0.4 is 15.4 Å². The molecule has 3 aromatic rings. The largest absolute Gasteiger partial charge is 0.496 e. The number of fused-ring (bicyclic) bond motifs is 1. The van der Waals surface area contributed by atoms with Gasteiger partial charge in [0.2, 0.25) is 0 Å². The van der Waals surface area contributed by atoms with E-state index in [2.05, 4.69) is 21.7 Å². The number of anilines is 1. The van der Waals surface area contributed by atoms with E-state index in [1.807, 2.05) is 37.3 Å². The van der Waals surface area contributed by atoms with Crippen LogP contribution in [0.2, 0.25) is 0 Å². The maximum Gasteiger partial charge on any atom is 0.320 e. The zero-order chi connectivity index (χ0) is 21.3. The van der Waals surface area contributed by atoms with Crippen molar-refractivity contribution in [2.24, 2.45) is 0 Å². The summed E-state index contributed by atoms with van der Waals surface area (Å²) in [6.07, 6.45) is 1.49. The van der Waals surface area contributed by atoms with Crippen molar-refractivity contribution in [1.29, 1.82) is 5.26 Å². The lowest BCUT2D eigenvalue weighted by molar-refractivity contribution is 0.252. The maximum absolute atomic E-state index is 14.9. The number of amides is 2. The van der Waals surface area contributed by atoms with Gasteiger partial charge in [-0.25, -0.2) is 14.2 Å². The number of carbonyl (C=O) groups excluding carboxylic acids is 1. The van der Waals surface area contributed by atoms with Crippen LogP contribution in [-0.2, 0) is 5.41 Å². The van der Waals surface area contributed by atoms with Crippen LogP contribution in [0.1, 0.15) is 23.6 Å². The fourth-order valence-corrected chi connectivity index (χ4v) is 3.80. The molecule has 6 nitrogen and oxygen atoms in total. The minimum atomic E-state index is -1.25. The van der Waals surface area contributed by atoms with E-state index in [1.165, 1.54) is 19.4 Å². The molecule has 1 atom stereocenters. The lowest BCUT2D eigenvalue weighted by atomic mass is 9.92. The number of urea groups is 1. The van der Waals surface area contributed by atoms with Gasteiger partial charge in [0.15, 0.2) is 0 Å². The third kappa shape index (κ3) is 3.56. The highest BCUT2D eigenvalue weighted by Crippen LogP contribution is 2.61. The zero-order valence-electron chi connectivity index (χ0n) is 16.9. The van der Waals surface area contributed by atoms with Gasteiger partial charge in [0.05, 0.1) is 13.2 Å². The molecule has 31 heavy (non-hydrogen) atoms. The molecule has 0 fully saturated rings. The highest BCUT2D eigenvalue weighted by molar-refractivity contribution is 5.90. The van der Waals surface area contributed by atoms with Gasteiger partial charge in [-0.1, -0.05) is 36.4 Å². The second-order valence-electron chi connectivity index (χ2n) is 6.83. The van der Waals surface area contributed by atoms with Crippen molar-refractivity contribution < 1.29 is 13.9 Å². The van der Waals surface area contributed by atoms with Gasteiger partial charge in [-0.2, -0.15) is 5.26 Å². The predicted molar refractivity (Wildman–Crippen MR) is 118 cm³/mol. The van der Waals surface area contributed by atoms with Crippen LogP contribution in [0.4, 0.5) is 15.0 Å². The van der Waals surface area contributed by atoms with Crippen molar-refractivity contribution >= 4 is 24.3 Å². The number of halogens is 2. The highest BCUT2D eigenvalue weighted by Gasteiger charge is 2.58. The number of nitrogens with zero attached hydrogens (tertiary/aromatic N) is 2. The van der Waals surface area contributed by atoms with Crippen LogP contribution in [-0.4, -0.2) is 24.7 Å². The zero-order valence-corrected chi connectivity index (χ0v) is 17.7.